The van der Waals surface area contributed by atoms with E-state index in [4.69, 9.17) is 0 Å². The highest BCUT2D eigenvalue weighted by Crippen LogP contribution is 2.27. The molecule has 0 aliphatic heterocycles. The van der Waals surface area contributed by atoms with Gasteiger partial charge in [0.2, 0.25) is 5.91 Å². The maximum atomic E-state index is 11.4. The van der Waals surface area contributed by atoms with Gasteiger partial charge in [-0.1, -0.05) is 0 Å². The third-order valence-corrected chi connectivity index (χ3v) is 2.52. The smallest absolute Gasteiger partial charge is 0.239 e. The van der Waals surface area contributed by atoms with Gasteiger partial charge in [0, 0.05) is 24.5 Å². The van der Waals surface area contributed by atoms with Crippen LogP contribution in [0.3, 0.4) is 0 Å². The molecule has 0 spiro atoms. The summed E-state index contributed by atoms with van der Waals surface area (Å²) in [4.78, 5) is 21.8. The van der Waals surface area contributed by atoms with Crippen molar-refractivity contribution in [2.24, 2.45) is 5.92 Å². The minimum absolute atomic E-state index is 0.00921. The van der Waals surface area contributed by atoms with Gasteiger partial charge in [-0.3, -0.25) is 9.59 Å². The van der Waals surface area contributed by atoms with Gasteiger partial charge < -0.3 is 9.88 Å². The van der Waals surface area contributed by atoms with E-state index in [1.54, 1.807) is 23.0 Å². The molecule has 1 fully saturated rings. The summed E-state index contributed by atoms with van der Waals surface area (Å²) in [5.74, 6) is 0.707. The Bertz CT molecular complexity index is 366. The van der Waals surface area contributed by atoms with E-state index in [1.807, 2.05) is 0 Å². The SMILES string of the molecule is O=Cc1ccn(CC(=O)NCC2CC2)c1. The molecule has 0 unspecified atom stereocenters. The Labute approximate surface area is 88.3 Å². The van der Waals surface area contributed by atoms with E-state index in [0.717, 1.165) is 12.8 Å². The molecule has 2 rings (SSSR count). The molecule has 1 aliphatic carbocycles. The minimum atomic E-state index is 0.00921. The number of aldehydes is 1. The van der Waals surface area contributed by atoms with E-state index in [2.05, 4.69) is 5.32 Å². The molecule has 15 heavy (non-hydrogen) atoms. The summed E-state index contributed by atoms with van der Waals surface area (Å²) in [6, 6.07) is 1.70. The van der Waals surface area contributed by atoms with E-state index in [-0.39, 0.29) is 5.91 Å². The van der Waals surface area contributed by atoms with Crippen LogP contribution >= 0.6 is 0 Å². The highest BCUT2D eigenvalue weighted by molar-refractivity contribution is 5.77. The van der Waals surface area contributed by atoms with Gasteiger partial charge in [0.15, 0.2) is 6.29 Å². The predicted octanol–water partition coefficient (Wildman–Crippen LogP) is 0.827. The van der Waals surface area contributed by atoms with Crippen LogP contribution in [0.15, 0.2) is 18.5 Å². The molecule has 1 aromatic rings. The Hall–Kier alpha value is -1.58. The molecule has 1 aromatic heterocycles. The zero-order valence-electron chi connectivity index (χ0n) is 8.48. The number of carbonyl (C=O) groups excluding carboxylic acids is 2. The molecule has 1 aliphatic rings. The van der Waals surface area contributed by atoms with Crippen LogP contribution in [0.1, 0.15) is 23.2 Å². The molecule has 1 saturated carbocycles. The first kappa shape index (κ1) is 9.96. The van der Waals surface area contributed by atoms with Crippen LogP contribution in [0.25, 0.3) is 0 Å². The first-order valence-electron chi connectivity index (χ1n) is 5.15. The van der Waals surface area contributed by atoms with E-state index in [1.165, 1.54) is 12.8 Å². The molecule has 0 bridgehead atoms. The quantitative estimate of drug-likeness (QED) is 0.725. The molecule has 1 amide bonds. The molecule has 4 nitrogen and oxygen atoms in total. The molecule has 0 aromatic carbocycles. The van der Waals surface area contributed by atoms with Gasteiger partial charge in [0.1, 0.15) is 6.54 Å². The van der Waals surface area contributed by atoms with Gasteiger partial charge in [0.05, 0.1) is 0 Å². The van der Waals surface area contributed by atoms with E-state index in [0.29, 0.717) is 18.0 Å². The lowest BCUT2D eigenvalue weighted by Crippen LogP contribution is -2.28. The van der Waals surface area contributed by atoms with Crippen molar-refractivity contribution < 1.29 is 9.59 Å². The van der Waals surface area contributed by atoms with Crippen molar-refractivity contribution in [2.45, 2.75) is 19.4 Å². The largest absolute Gasteiger partial charge is 0.354 e. The third-order valence-electron chi connectivity index (χ3n) is 2.52. The standard InChI is InChI=1S/C11H14N2O2/c14-8-10-3-4-13(6-10)7-11(15)12-5-9-1-2-9/h3-4,6,8-9H,1-2,5,7H2,(H,12,15). The predicted molar refractivity (Wildman–Crippen MR) is 55.6 cm³/mol. The van der Waals surface area contributed by atoms with Crippen LogP contribution in [0.5, 0.6) is 0 Å². The highest BCUT2D eigenvalue weighted by Gasteiger charge is 2.21. The number of aromatic nitrogens is 1. The molecular weight excluding hydrogens is 192 g/mol. The van der Waals surface area contributed by atoms with Crippen molar-refractivity contribution in [1.82, 2.24) is 9.88 Å². The van der Waals surface area contributed by atoms with Gasteiger partial charge in [-0.2, -0.15) is 0 Å². The van der Waals surface area contributed by atoms with Crippen molar-refractivity contribution in [2.75, 3.05) is 6.54 Å². The normalized spacial score (nSPS) is 14.9. The van der Waals surface area contributed by atoms with Crippen LogP contribution in [0.2, 0.25) is 0 Å². The molecule has 1 N–H and O–H groups in total. The fourth-order valence-corrected chi connectivity index (χ4v) is 1.43. The maximum absolute atomic E-state index is 11.4. The summed E-state index contributed by atoms with van der Waals surface area (Å²) in [6.45, 7) is 1.08. The third kappa shape index (κ3) is 2.94. The summed E-state index contributed by atoms with van der Waals surface area (Å²) in [5, 5.41) is 2.87. The number of hydrogen-bond donors (Lipinski definition) is 1. The zero-order valence-corrected chi connectivity index (χ0v) is 8.48. The highest BCUT2D eigenvalue weighted by atomic mass is 16.2. The maximum Gasteiger partial charge on any atom is 0.239 e. The lowest BCUT2D eigenvalue weighted by Gasteiger charge is -2.04. The number of nitrogens with zero attached hydrogens (tertiary/aromatic N) is 1. The van der Waals surface area contributed by atoms with Crippen molar-refractivity contribution in [3.63, 3.8) is 0 Å². The Morgan fingerprint density at radius 1 is 1.60 bits per heavy atom. The van der Waals surface area contributed by atoms with Crippen molar-refractivity contribution in [1.29, 1.82) is 0 Å². The molecule has 0 atom stereocenters. The molecule has 1 heterocycles. The first-order valence-corrected chi connectivity index (χ1v) is 5.15. The van der Waals surface area contributed by atoms with Gasteiger partial charge in [-0.05, 0) is 24.8 Å². The second-order valence-electron chi connectivity index (χ2n) is 3.98. The van der Waals surface area contributed by atoms with Crippen LogP contribution < -0.4 is 5.32 Å². The van der Waals surface area contributed by atoms with Crippen molar-refractivity contribution in [3.05, 3.63) is 24.0 Å². The average Bonchev–Trinajstić information content (AvgIpc) is 2.96. The Balaban J connectivity index is 1.78. The van der Waals surface area contributed by atoms with Crippen molar-refractivity contribution in [3.8, 4) is 0 Å². The fourth-order valence-electron chi connectivity index (χ4n) is 1.43. The van der Waals surface area contributed by atoms with E-state index >= 15 is 0 Å². The van der Waals surface area contributed by atoms with Gasteiger partial charge in [-0.15, -0.1) is 0 Å². The van der Waals surface area contributed by atoms with Gasteiger partial charge in [0.25, 0.3) is 0 Å². The van der Waals surface area contributed by atoms with Crippen LogP contribution in [-0.4, -0.2) is 23.3 Å². The summed E-state index contributed by atoms with van der Waals surface area (Å²) >= 11 is 0. The molecular formula is C11H14N2O2. The van der Waals surface area contributed by atoms with Crippen LogP contribution in [0.4, 0.5) is 0 Å². The number of carbonyl (C=O) groups is 2. The Kier molecular flexibility index (Phi) is 2.85. The molecule has 0 radical (unpaired) electrons. The number of nitrogens with one attached hydrogen (secondary N) is 1. The minimum Gasteiger partial charge on any atom is -0.354 e. The fraction of sp³-hybridized carbons (Fsp3) is 0.455. The lowest BCUT2D eigenvalue weighted by atomic mass is 10.4. The second kappa shape index (κ2) is 4.29. The van der Waals surface area contributed by atoms with E-state index in [9.17, 15) is 9.59 Å². The lowest BCUT2D eigenvalue weighted by molar-refractivity contribution is -0.121. The Morgan fingerprint density at radius 2 is 2.40 bits per heavy atom. The van der Waals surface area contributed by atoms with Crippen molar-refractivity contribution >= 4 is 12.2 Å². The van der Waals surface area contributed by atoms with Gasteiger partial charge >= 0.3 is 0 Å². The monoisotopic (exact) mass is 206 g/mol. The topological polar surface area (TPSA) is 51.1 Å². The van der Waals surface area contributed by atoms with Crippen LogP contribution in [-0.2, 0) is 11.3 Å². The average molecular weight is 206 g/mol. The molecule has 0 saturated heterocycles. The van der Waals surface area contributed by atoms with Crippen LogP contribution in [0, 0.1) is 5.92 Å². The second-order valence-corrected chi connectivity index (χ2v) is 3.98. The first-order chi connectivity index (χ1) is 7.28. The summed E-state index contributed by atoms with van der Waals surface area (Å²) in [7, 11) is 0. The zero-order chi connectivity index (χ0) is 10.7. The Morgan fingerprint density at radius 3 is 3.00 bits per heavy atom. The number of rotatable bonds is 5. The molecule has 4 heteroatoms. The number of amides is 1. The molecule has 80 valence electrons. The van der Waals surface area contributed by atoms with Gasteiger partial charge in [-0.25, -0.2) is 0 Å². The summed E-state index contributed by atoms with van der Waals surface area (Å²) in [6.07, 6.45) is 6.65. The summed E-state index contributed by atoms with van der Waals surface area (Å²) < 4.78 is 1.71. The number of hydrogen-bond acceptors (Lipinski definition) is 2. The van der Waals surface area contributed by atoms with E-state index < -0.39 is 0 Å². The summed E-state index contributed by atoms with van der Waals surface area (Å²) in [5.41, 5.74) is 0.602.